The summed E-state index contributed by atoms with van der Waals surface area (Å²) in [6, 6.07) is -0.413. The molecule has 2 saturated carbocycles. The number of hydrogen-bond donors (Lipinski definition) is 1. The van der Waals surface area contributed by atoms with Gasteiger partial charge in [0.1, 0.15) is 17.9 Å². The van der Waals surface area contributed by atoms with Crippen LogP contribution in [0.1, 0.15) is 52.5 Å². The molecule has 3 heterocycles. The van der Waals surface area contributed by atoms with Gasteiger partial charge in [-0.15, -0.1) is 0 Å². The molecule has 28 heavy (non-hydrogen) atoms. The smallest absolute Gasteiger partial charge is 0.245 e. The van der Waals surface area contributed by atoms with E-state index in [0.29, 0.717) is 36.0 Å². The molecule has 1 unspecified atom stereocenters. The predicted octanol–water partition coefficient (Wildman–Crippen LogP) is 2.17. The highest BCUT2D eigenvalue weighted by Crippen LogP contribution is 2.55. The van der Waals surface area contributed by atoms with E-state index in [-0.39, 0.29) is 17.1 Å². The highest BCUT2D eigenvalue weighted by atomic mass is 16.5. The summed E-state index contributed by atoms with van der Waals surface area (Å²) in [7, 11) is 0. The molecule has 3 fully saturated rings. The van der Waals surface area contributed by atoms with Crippen LogP contribution < -0.4 is 5.73 Å². The van der Waals surface area contributed by atoms with Gasteiger partial charge >= 0.3 is 0 Å². The molecule has 1 spiro atoms. The Morgan fingerprint density at radius 2 is 2.11 bits per heavy atom. The van der Waals surface area contributed by atoms with Crippen LogP contribution in [0.3, 0.4) is 0 Å². The lowest BCUT2D eigenvalue weighted by molar-refractivity contribution is -0.218. The molecular formula is C20H28N6O2. The van der Waals surface area contributed by atoms with Gasteiger partial charge in [-0.1, -0.05) is 0 Å². The number of carbonyl (C=O) groups excluding carboxylic acids is 1. The van der Waals surface area contributed by atoms with Gasteiger partial charge in [-0.05, 0) is 58.3 Å². The lowest BCUT2D eigenvalue weighted by atomic mass is 9.81. The number of imidazole rings is 1. The van der Waals surface area contributed by atoms with Crippen LogP contribution in [0, 0.1) is 11.8 Å². The zero-order valence-electron chi connectivity index (χ0n) is 16.8. The molecule has 8 nitrogen and oxygen atoms in total. The van der Waals surface area contributed by atoms with E-state index in [4.69, 9.17) is 10.5 Å². The van der Waals surface area contributed by atoms with Crippen molar-refractivity contribution < 1.29 is 9.53 Å². The predicted molar refractivity (Wildman–Crippen MR) is 104 cm³/mol. The molecule has 3 aliphatic rings. The van der Waals surface area contributed by atoms with Crippen LogP contribution in [-0.4, -0.2) is 54.6 Å². The third-order valence-electron chi connectivity index (χ3n) is 6.90. The monoisotopic (exact) mass is 384 g/mol. The minimum absolute atomic E-state index is 0.0787. The fourth-order valence-electron chi connectivity index (χ4n) is 5.86. The second-order valence-electron chi connectivity index (χ2n) is 9.46. The van der Waals surface area contributed by atoms with Crippen molar-refractivity contribution in [2.24, 2.45) is 11.8 Å². The van der Waals surface area contributed by atoms with Gasteiger partial charge in [0.25, 0.3) is 0 Å². The lowest BCUT2D eigenvalue weighted by Crippen LogP contribution is -2.63. The molecule has 2 bridgehead atoms. The fourth-order valence-corrected chi connectivity index (χ4v) is 5.86. The highest BCUT2D eigenvalue weighted by Gasteiger charge is 2.57. The molecule has 4 atom stereocenters. The Balaban J connectivity index is 1.44. The second-order valence-corrected chi connectivity index (χ2v) is 9.46. The average Bonchev–Trinajstić information content (AvgIpc) is 3.33. The molecule has 0 aromatic carbocycles. The summed E-state index contributed by atoms with van der Waals surface area (Å²) < 4.78 is 8.44. The highest BCUT2D eigenvalue weighted by molar-refractivity contribution is 5.85. The first-order chi connectivity index (χ1) is 13.3. The van der Waals surface area contributed by atoms with Crippen molar-refractivity contribution in [2.75, 3.05) is 18.8 Å². The zero-order valence-corrected chi connectivity index (χ0v) is 16.8. The minimum Gasteiger partial charge on any atom is -0.382 e. The molecular weight excluding hydrogens is 356 g/mol. The number of carbonyl (C=O) groups is 1. The van der Waals surface area contributed by atoms with Crippen LogP contribution in [0.4, 0.5) is 5.82 Å². The summed E-state index contributed by atoms with van der Waals surface area (Å²) in [6.45, 7) is 7.39. The molecule has 150 valence electrons. The van der Waals surface area contributed by atoms with Gasteiger partial charge < -0.3 is 19.9 Å². The maximum Gasteiger partial charge on any atom is 0.245 e. The van der Waals surface area contributed by atoms with Crippen LogP contribution in [0.15, 0.2) is 12.7 Å². The second kappa shape index (κ2) is 5.89. The summed E-state index contributed by atoms with van der Waals surface area (Å²) >= 11 is 0. The van der Waals surface area contributed by atoms with Gasteiger partial charge in [0, 0.05) is 6.54 Å². The zero-order chi connectivity index (χ0) is 19.7. The van der Waals surface area contributed by atoms with Crippen molar-refractivity contribution >= 4 is 22.9 Å². The third-order valence-corrected chi connectivity index (χ3v) is 6.90. The molecule has 2 aliphatic carbocycles. The Morgan fingerprint density at radius 3 is 2.82 bits per heavy atom. The van der Waals surface area contributed by atoms with Crippen molar-refractivity contribution in [1.82, 2.24) is 24.4 Å². The number of anilines is 1. The van der Waals surface area contributed by atoms with E-state index in [1.807, 2.05) is 11.8 Å². The number of nitrogens with zero attached hydrogens (tertiary/aromatic N) is 5. The number of nitrogen functional groups attached to an aromatic ring is 1. The van der Waals surface area contributed by atoms with Gasteiger partial charge in [-0.25, -0.2) is 15.0 Å². The Hall–Kier alpha value is -2.22. The summed E-state index contributed by atoms with van der Waals surface area (Å²) in [5, 5.41) is 0. The summed E-state index contributed by atoms with van der Waals surface area (Å²) in [5.41, 5.74) is 6.51. The third kappa shape index (κ3) is 2.61. The Morgan fingerprint density at radius 1 is 1.29 bits per heavy atom. The lowest BCUT2D eigenvalue weighted by Gasteiger charge is -2.52. The number of nitrogens with two attached hydrogens (primary N) is 1. The van der Waals surface area contributed by atoms with Crippen molar-refractivity contribution in [3.8, 4) is 0 Å². The number of ether oxygens (including phenoxy) is 1. The SMILES string of the molecule is CC(C(=O)N1CC(C)(C)O[C@@]2(C[C@@H]3CC[C@H]2C3)C1)n1cnc2c(N)ncnc21. The van der Waals surface area contributed by atoms with E-state index < -0.39 is 6.04 Å². The van der Waals surface area contributed by atoms with Crippen molar-refractivity contribution in [3.05, 3.63) is 12.7 Å². The minimum atomic E-state index is -0.413. The number of morpholine rings is 1. The number of amides is 1. The van der Waals surface area contributed by atoms with Crippen LogP contribution >= 0.6 is 0 Å². The first kappa shape index (κ1) is 17.8. The van der Waals surface area contributed by atoms with Crippen LogP contribution in [0.2, 0.25) is 0 Å². The molecule has 1 aliphatic heterocycles. The molecule has 8 heteroatoms. The summed E-state index contributed by atoms with van der Waals surface area (Å²) in [6.07, 6.45) is 7.91. The largest absolute Gasteiger partial charge is 0.382 e. The van der Waals surface area contributed by atoms with Crippen LogP contribution in [0.5, 0.6) is 0 Å². The number of aromatic nitrogens is 4. The fraction of sp³-hybridized carbons (Fsp3) is 0.700. The Kier molecular flexibility index (Phi) is 3.75. The van der Waals surface area contributed by atoms with Gasteiger partial charge in [0.15, 0.2) is 11.5 Å². The van der Waals surface area contributed by atoms with Crippen LogP contribution in [0.25, 0.3) is 11.2 Å². The van der Waals surface area contributed by atoms with E-state index in [2.05, 4.69) is 28.8 Å². The van der Waals surface area contributed by atoms with E-state index >= 15 is 0 Å². The van der Waals surface area contributed by atoms with Gasteiger partial charge in [-0.2, -0.15) is 0 Å². The average molecular weight is 384 g/mol. The normalized spacial score (nSPS) is 32.3. The molecule has 2 aromatic rings. The van der Waals surface area contributed by atoms with Crippen molar-refractivity contribution in [3.63, 3.8) is 0 Å². The molecule has 0 radical (unpaired) electrons. The summed E-state index contributed by atoms with van der Waals surface area (Å²) in [4.78, 5) is 28.1. The number of fused-ring (bicyclic) bond motifs is 4. The van der Waals surface area contributed by atoms with Gasteiger partial charge in [-0.3, -0.25) is 4.79 Å². The molecule has 2 aromatic heterocycles. The molecule has 5 rings (SSSR count). The summed E-state index contributed by atoms with van der Waals surface area (Å²) in [5.74, 6) is 1.74. The Bertz CT molecular complexity index is 940. The van der Waals surface area contributed by atoms with E-state index in [0.717, 1.165) is 12.3 Å². The van der Waals surface area contributed by atoms with Gasteiger partial charge in [0.05, 0.1) is 24.1 Å². The first-order valence-electron chi connectivity index (χ1n) is 10.2. The first-order valence-corrected chi connectivity index (χ1v) is 10.2. The van der Waals surface area contributed by atoms with E-state index in [1.54, 1.807) is 10.9 Å². The molecule has 1 amide bonds. The molecule has 2 N–H and O–H groups in total. The number of hydrogen-bond acceptors (Lipinski definition) is 6. The Labute approximate surface area is 164 Å². The van der Waals surface area contributed by atoms with E-state index in [1.165, 1.54) is 25.6 Å². The van der Waals surface area contributed by atoms with Gasteiger partial charge in [0.2, 0.25) is 5.91 Å². The maximum absolute atomic E-state index is 13.5. The van der Waals surface area contributed by atoms with Crippen molar-refractivity contribution in [2.45, 2.75) is 63.7 Å². The topological polar surface area (TPSA) is 99.2 Å². The van der Waals surface area contributed by atoms with Crippen LogP contribution in [-0.2, 0) is 9.53 Å². The number of rotatable bonds is 2. The van der Waals surface area contributed by atoms with Crippen molar-refractivity contribution in [1.29, 1.82) is 0 Å². The quantitative estimate of drug-likeness (QED) is 0.852. The standard InChI is InChI=1S/C20H28N6O2/c1-12(26-11-24-15-16(21)22-10-23-17(15)26)18(27)25-8-19(2,3)28-20(9-25)7-13-4-5-14(20)6-13/h10-14H,4-9H2,1-3H3,(H2,21,22,23)/t12?,13-,14+,20+/m1/s1. The maximum atomic E-state index is 13.5. The molecule has 1 saturated heterocycles. The van der Waals surface area contributed by atoms with E-state index in [9.17, 15) is 4.79 Å².